The van der Waals surface area contributed by atoms with Crippen LogP contribution in [0.2, 0.25) is 0 Å². The van der Waals surface area contributed by atoms with E-state index in [2.05, 4.69) is 0 Å². The van der Waals surface area contributed by atoms with Crippen molar-refractivity contribution >= 4 is 0 Å². The normalized spacial score (nSPS) is 0. The molecule has 0 rings (SSSR count). The second-order valence-corrected chi connectivity index (χ2v) is 0. The summed E-state index contributed by atoms with van der Waals surface area (Å²) in [5.74, 6) is 0. The average molecular weight is 202 g/mol. The van der Waals surface area contributed by atoms with E-state index in [1.165, 1.54) is 0 Å². The van der Waals surface area contributed by atoms with E-state index < -0.39 is 0 Å². The van der Waals surface area contributed by atoms with Crippen LogP contribution < -0.4 is 0 Å². The molecule has 1 radical (unpaired) electrons. The number of rotatable bonds is 0. The first kappa shape index (κ1) is 508. The first-order valence-corrected chi connectivity index (χ1v) is 0. The average Bonchev–Trinajstić information content (AvgIpc) is 0. The minimum absolute atomic E-state index is 0. The summed E-state index contributed by atoms with van der Waals surface area (Å²) < 4.78 is 0. The van der Waals surface area contributed by atoms with Crippen LogP contribution in [0.4, 0.5) is 0 Å². The van der Waals surface area contributed by atoms with Gasteiger partial charge in [-0.25, -0.2) is 0 Å². The van der Waals surface area contributed by atoms with Crippen LogP contribution in [0.15, 0.2) is 0 Å². The van der Waals surface area contributed by atoms with E-state index in [1.807, 2.05) is 0 Å². The van der Waals surface area contributed by atoms with Crippen molar-refractivity contribution in [1.82, 2.24) is 0 Å². The van der Waals surface area contributed by atoms with Crippen molar-refractivity contribution < 1.29 is 61.8 Å². The first-order chi connectivity index (χ1) is 0. The molecule has 0 aliphatic heterocycles. The maximum atomic E-state index is 0. The summed E-state index contributed by atoms with van der Waals surface area (Å²) in [6.07, 6.45) is 0. The maximum Gasteiger partial charge on any atom is 2.00 e. The zero-order valence-electron chi connectivity index (χ0n) is 3.01. The molecular weight excluding hydrogens is 196 g/mol. The van der Waals surface area contributed by atoms with Gasteiger partial charge >= 0.3 is 34.4 Å². The topological polar surface area (TPSA) is 152 Å². The molecule has 0 heterocycles. The molecule has 0 unspecified atom stereocenters. The van der Waals surface area contributed by atoms with Gasteiger partial charge < -0.3 is 27.4 Å². The zero-order chi connectivity index (χ0) is 0. The molecule has 0 aromatic rings. The van der Waals surface area contributed by atoms with Gasteiger partial charge in [-0.05, 0) is 0 Å². The largest absolute Gasteiger partial charge is 2.00 e. The summed E-state index contributed by atoms with van der Waals surface area (Å²) in [5, 5.41) is 0. The van der Waals surface area contributed by atoms with E-state index in [-0.39, 0.29) is 61.8 Å². The zero-order valence-corrected chi connectivity index (χ0v) is 5.23. The second-order valence-electron chi connectivity index (χ2n) is 0. The molecule has 0 saturated heterocycles. The molecule has 0 aliphatic rings. The summed E-state index contributed by atoms with van der Waals surface area (Å²) in [6, 6.07) is 0. The Kier molecular flexibility index (Phi) is 23500. The Morgan fingerprint density at radius 2 is 0.714 bits per heavy atom. The van der Waals surface area contributed by atoms with Crippen LogP contribution in [0, 0.1) is 0 Å². The third-order valence-electron chi connectivity index (χ3n) is 0. The molecule has 0 aromatic heterocycles. The Bertz CT molecular complexity index is 8.04. The van der Waals surface area contributed by atoms with Gasteiger partial charge in [0.1, 0.15) is 0 Å². The molecule has 0 amide bonds. The Hall–Kier alpha value is 0.852. The summed E-state index contributed by atoms with van der Waals surface area (Å²) in [4.78, 5) is 0. The minimum atomic E-state index is 0. The Morgan fingerprint density at radius 3 is 0.714 bits per heavy atom. The molecular formula is H6CrCuO5. The summed E-state index contributed by atoms with van der Waals surface area (Å²) in [5.41, 5.74) is 0. The van der Waals surface area contributed by atoms with Gasteiger partial charge in [0.2, 0.25) is 0 Å². The molecule has 5 nitrogen and oxygen atoms in total. The minimum Gasteiger partial charge on any atom is -2.00 e. The summed E-state index contributed by atoms with van der Waals surface area (Å²) >= 11 is 0. The molecule has 53 valence electrons. The van der Waals surface area contributed by atoms with Crippen LogP contribution in [-0.4, -0.2) is 21.9 Å². The second kappa shape index (κ2) is 323. The van der Waals surface area contributed by atoms with Gasteiger partial charge in [-0.15, -0.1) is 0 Å². The SMILES string of the molecule is O.O.[Cr+2].[Cu+2].[O-2].[OH-].[OH-]. The Morgan fingerprint density at radius 1 is 0.714 bits per heavy atom. The molecule has 0 aliphatic carbocycles. The third-order valence-corrected chi connectivity index (χ3v) is 0. The fourth-order valence-electron chi connectivity index (χ4n) is 0. The van der Waals surface area contributed by atoms with Gasteiger partial charge in [-0.3, -0.25) is 0 Å². The maximum absolute atomic E-state index is 0. The fraction of sp³-hybridized carbons (Fsp3) is 0. The van der Waals surface area contributed by atoms with Crippen molar-refractivity contribution in [2.45, 2.75) is 0 Å². The van der Waals surface area contributed by atoms with Gasteiger partial charge in [0, 0.05) is 0 Å². The van der Waals surface area contributed by atoms with Gasteiger partial charge in [0.25, 0.3) is 0 Å². The monoisotopic (exact) mass is 201 g/mol. The van der Waals surface area contributed by atoms with E-state index in [4.69, 9.17) is 0 Å². The third kappa shape index (κ3) is 222. The molecule has 0 spiro atoms. The molecule has 0 bridgehead atoms. The number of hydrogen-bond acceptors (Lipinski definition) is 2. The molecule has 6 N–H and O–H groups in total. The van der Waals surface area contributed by atoms with Crippen molar-refractivity contribution in [2.24, 2.45) is 0 Å². The molecule has 0 saturated carbocycles. The van der Waals surface area contributed by atoms with Crippen LogP contribution in [0.3, 0.4) is 0 Å². The van der Waals surface area contributed by atoms with Gasteiger partial charge in [-0.2, -0.15) is 0 Å². The van der Waals surface area contributed by atoms with Gasteiger partial charge in [-0.1, -0.05) is 0 Å². The molecule has 0 aromatic carbocycles. The summed E-state index contributed by atoms with van der Waals surface area (Å²) in [7, 11) is 0. The van der Waals surface area contributed by atoms with Crippen LogP contribution >= 0.6 is 0 Å². The van der Waals surface area contributed by atoms with Crippen LogP contribution in [0.25, 0.3) is 0 Å². The molecule has 7 heteroatoms. The molecule has 0 atom stereocenters. The fourth-order valence-corrected chi connectivity index (χ4v) is 0. The Labute approximate surface area is 62.2 Å². The summed E-state index contributed by atoms with van der Waals surface area (Å²) in [6.45, 7) is 0. The van der Waals surface area contributed by atoms with Crippen molar-refractivity contribution in [2.75, 3.05) is 0 Å². The van der Waals surface area contributed by atoms with Crippen LogP contribution in [0.1, 0.15) is 0 Å². The van der Waals surface area contributed by atoms with Crippen molar-refractivity contribution in [3.8, 4) is 0 Å². The van der Waals surface area contributed by atoms with Crippen molar-refractivity contribution in [1.29, 1.82) is 0 Å². The smallest absolute Gasteiger partial charge is 2.00 e. The predicted octanol–water partition coefficient (Wildman–Crippen LogP) is -2.13. The van der Waals surface area contributed by atoms with Crippen molar-refractivity contribution in [3.05, 3.63) is 0 Å². The van der Waals surface area contributed by atoms with Crippen LogP contribution in [0.5, 0.6) is 0 Å². The van der Waals surface area contributed by atoms with Gasteiger partial charge in [0.05, 0.1) is 0 Å². The Balaban J connectivity index is 0. The van der Waals surface area contributed by atoms with E-state index in [0.717, 1.165) is 0 Å². The standard InChI is InChI=1S/Cr.Cu.4H2O.O/h;;4*1H2;/q2*+2;;;;;-2/p-2. The van der Waals surface area contributed by atoms with Crippen LogP contribution in [-0.2, 0) is 39.9 Å². The van der Waals surface area contributed by atoms with E-state index in [0.29, 0.717) is 0 Å². The van der Waals surface area contributed by atoms with E-state index in [1.54, 1.807) is 0 Å². The van der Waals surface area contributed by atoms with Crippen molar-refractivity contribution in [3.63, 3.8) is 0 Å². The van der Waals surface area contributed by atoms with E-state index in [9.17, 15) is 0 Å². The molecule has 7 heavy (non-hydrogen) atoms. The quantitative estimate of drug-likeness (QED) is 0.411. The predicted molar refractivity (Wildman–Crippen MR) is 11.8 cm³/mol. The van der Waals surface area contributed by atoms with Gasteiger partial charge in [0.15, 0.2) is 0 Å². The molecule has 0 fully saturated rings. The van der Waals surface area contributed by atoms with E-state index >= 15 is 0 Å². The number of hydrogen-bond donors (Lipinski definition) is 0. The first-order valence-electron chi connectivity index (χ1n) is 0.